The summed E-state index contributed by atoms with van der Waals surface area (Å²) in [5.74, 6) is -3.70. The van der Waals surface area contributed by atoms with Gasteiger partial charge in [0.2, 0.25) is 5.95 Å². The van der Waals surface area contributed by atoms with Gasteiger partial charge in [0.15, 0.2) is 17.5 Å². The van der Waals surface area contributed by atoms with Gasteiger partial charge in [-0.3, -0.25) is 0 Å². The fraction of sp³-hybridized carbons (Fsp3) is 0. The standard InChI is InChI=1S/C15H9F4N5/c16-9-5-4-8(6-12(9)19)21-15-23-13(7-20-24-15)22-14-10(17)2-1-3-11(14)18/h1-7H,(H2,21,22,23,24). The molecule has 0 aliphatic heterocycles. The molecule has 5 nitrogen and oxygen atoms in total. The van der Waals surface area contributed by atoms with Crippen LogP contribution in [0, 0.1) is 23.3 Å². The molecule has 2 aromatic carbocycles. The predicted octanol–water partition coefficient (Wildman–Crippen LogP) is 3.92. The number of para-hydroxylation sites is 1. The molecule has 0 amide bonds. The molecule has 0 aliphatic rings. The maximum atomic E-state index is 13.6. The number of nitrogens with one attached hydrogen (secondary N) is 2. The normalized spacial score (nSPS) is 10.5. The molecule has 2 N–H and O–H groups in total. The van der Waals surface area contributed by atoms with E-state index >= 15 is 0 Å². The molecule has 0 unspecified atom stereocenters. The average Bonchev–Trinajstić information content (AvgIpc) is 2.55. The van der Waals surface area contributed by atoms with Crippen LogP contribution in [0.15, 0.2) is 42.6 Å². The van der Waals surface area contributed by atoms with Gasteiger partial charge in [-0.1, -0.05) is 6.07 Å². The smallest absolute Gasteiger partial charge is 0.249 e. The Labute approximate surface area is 133 Å². The molecular formula is C15H9F4N5. The summed E-state index contributed by atoms with van der Waals surface area (Å²) in [4.78, 5) is 3.95. The zero-order valence-electron chi connectivity index (χ0n) is 11.9. The number of rotatable bonds is 4. The van der Waals surface area contributed by atoms with E-state index in [0.29, 0.717) is 0 Å². The van der Waals surface area contributed by atoms with Crippen LogP contribution in [0.25, 0.3) is 0 Å². The Kier molecular flexibility index (Phi) is 4.23. The monoisotopic (exact) mass is 335 g/mol. The second-order valence-corrected chi connectivity index (χ2v) is 4.64. The Balaban J connectivity index is 1.82. The lowest BCUT2D eigenvalue weighted by atomic mass is 10.3. The highest BCUT2D eigenvalue weighted by Crippen LogP contribution is 2.22. The van der Waals surface area contributed by atoms with Crippen molar-refractivity contribution in [3.05, 3.63) is 65.9 Å². The second-order valence-electron chi connectivity index (χ2n) is 4.64. The maximum absolute atomic E-state index is 13.6. The van der Waals surface area contributed by atoms with Crippen molar-refractivity contribution in [2.75, 3.05) is 10.6 Å². The van der Waals surface area contributed by atoms with Crippen molar-refractivity contribution in [2.45, 2.75) is 0 Å². The molecule has 24 heavy (non-hydrogen) atoms. The zero-order valence-corrected chi connectivity index (χ0v) is 11.9. The molecule has 0 aliphatic carbocycles. The van der Waals surface area contributed by atoms with Gasteiger partial charge in [0.1, 0.15) is 17.3 Å². The molecule has 0 spiro atoms. The molecule has 3 rings (SSSR count). The van der Waals surface area contributed by atoms with Crippen LogP contribution in [0.2, 0.25) is 0 Å². The van der Waals surface area contributed by atoms with Gasteiger partial charge >= 0.3 is 0 Å². The predicted molar refractivity (Wildman–Crippen MR) is 79.1 cm³/mol. The Morgan fingerprint density at radius 3 is 2.25 bits per heavy atom. The fourth-order valence-electron chi connectivity index (χ4n) is 1.87. The molecule has 0 atom stereocenters. The van der Waals surface area contributed by atoms with Crippen molar-refractivity contribution in [3.63, 3.8) is 0 Å². The lowest BCUT2D eigenvalue weighted by Gasteiger charge is -2.09. The topological polar surface area (TPSA) is 62.7 Å². The third-order valence-electron chi connectivity index (χ3n) is 2.95. The van der Waals surface area contributed by atoms with Crippen LogP contribution in [0.5, 0.6) is 0 Å². The van der Waals surface area contributed by atoms with E-state index in [1.54, 1.807) is 0 Å². The first-order valence-corrected chi connectivity index (χ1v) is 6.66. The van der Waals surface area contributed by atoms with Crippen LogP contribution in [-0.4, -0.2) is 15.2 Å². The number of hydrogen-bond acceptors (Lipinski definition) is 5. The lowest BCUT2D eigenvalue weighted by molar-refractivity contribution is 0.509. The molecule has 0 fully saturated rings. The molecule has 122 valence electrons. The summed E-state index contributed by atoms with van der Waals surface area (Å²) in [7, 11) is 0. The highest BCUT2D eigenvalue weighted by atomic mass is 19.2. The molecular weight excluding hydrogens is 326 g/mol. The van der Waals surface area contributed by atoms with Crippen LogP contribution in [-0.2, 0) is 0 Å². The quantitative estimate of drug-likeness (QED) is 0.708. The Bertz CT molecular complexity index is 867. The summed E-state index contributed by atoms with van der Waals surface area (Å²) in [5, 5.41) is 12.3. The maximum Gasteiger partial charge on any atom is 0.249 e. The van der Waals surface area contributed by atoms with Crippen molar-refractivity contribution >= 4 is 23.1 Å². The van der Waals surface area contributed by atoms with Gasteiger partial charge in [-0.05, 0) is 24.3 Å². The van der Waals surface area contributed by atoms with Gasteiger partial charge in [0.25, 0.3) is 0 Å². The number of anilines is 4. The van der Waals surface area contributed by atoms with Crippen LogP contribution in [0.3, 0.4) is 0 Å². The summed E-state index contributed by atoms with van der Waals surface area (Å²) in [5.41, 5.74) is -0.207. The van der Waals surface area contributed by atoms with Crippen LogP contribution < -0.4 is 10.6 Å². The fourth-order valence-corrected chi connectivity index (χ4v) is 1.87. The Hall–Kier alpha value is -3.23. The molecule has 0 saturated heterocycles. The van der Waals surface area contributed by atoms with Crippen molar-refractivity contribution in [3.8, 4) is 0 Å². The van der Waals surface area contributed by atoms with E-state index in [4.69, 9.17) is 0 Å². The van der Waals surface area contributed by atoms with Crippen molar-refractivity contribution in [1.29, 1.82) is 0 Å². The lowest BCUT2D eigenvalue weighted by Crippen LogP contribution is -2.04. The van der Waals surface area contributed by atoms with Crippen LogP contribution in [0.1, 0.15) is 0 Å². The largest absolute Gasteiger partial charge is 0.334 e. The van der Waals surface area contributed by atoms with E-state index in [9.17, 15) is 17.6 Å². The number of hydrogen-bond donors (Lipinski definition) is 2. The first-order valence-electron chi connectivity index (χ1n) is 6.66. The molecule has 3 aromatic rings. The van der Waals surface area contributed by atoms with Gasteiger partial charge in [-0.15, -0.1) is 5.10 Å². The van der Waals surface area contributed by atoms with Crippen LogP contribution in [0.4, 0.5) is 40.7 Å². The highest BCUT2D eigenvalue weighted by molar-refractivity contribution is 5.59. The first kappa shape index (κ1) is 15.7. The summed E-state index contributed by atoms with van der Waals surface area (Å²) in [6, 6.07) is 6.51. The Morgan fingerprint density at radius 2 is 1.54 bits per heavy atom. The number of aromatic nitrogens is 3. The van der Waals surface area contributed by atoms with Gasteiger partial charge in [-0.2, -0.15) is 10.1 Å². The number of benzene rings is 2. The van der Waals surface area contributed by atoms with Gasteiger partial charge in [-0.25, -0.2) is 17.6 Å². The van der Waals surface area contributed by atoms with Gasteiger partial charge in [0.05, 0.1) is 6.20 Å². The van der Waals surface area contributed by atoms with E-state index in [-0.39, 0.29) is 17.5 Å². The van der Waals surface area contributed by atoms with E-state index in [2.05, 4.69) is 25.8 Å². The third kappa shape index (κ3) is 3.40. The molecule has 0 saturated carbocycles. The zero-order chi connectivity index (χ0) is 17.1. The third-order valence-corrected chi connectivity index (χ3v) is 2.95. The van der Waals surface area contributed by atoms with Gasteiger partial charge in [0, 0.05) is 11.8 Å². The van der Waals surface area contributed by atoms with E-state index in [0.717, 1.165) is 30.5 Å². The molecule has 0 radical (unpaired) electrons. The molecule has 0 bridgehead atoms. The minimum atomic E-state index is -1.05. The van der Waals surface area contributed by atoms with E-state index < -0.39 is 29.0 Å². The SMILES string of the molecule is Fc1ccc(Nc2nncc(Nc3c(F)cccc3F)n2)cc1F. The summed E-state index contributed by atoms with van der Waals surface area (Å²) >= 11 is 0. The highest BCUT2D eigenvalue weighted by Gasteiger charge is 2.10. The first-order chi connectivity index (χ1) is 11.5. The summed E-state index contributed by atoms with van der Waals surface area (Å²) in [6.45, 7) is 0. The van der Waals surface area contributed by atoms with Crippen LogP contribution >= 0.6 is 0 Å². The average molecular weight is 335 g/mol. The molecule has 1 heterocycles. The summed E-state index contributed by atoms with van der Waals surface area (Å²) in [6.07, 6.45) is 1.16. The minimum Gasteiger partial charge on any atom is -0.334 e. The second kappa shape index (κ2) is 6.49. The van der Waals surface area contributed by atoms with E-state index in [1.807, 2.05) is 0 Å². The van der Waals surface area contributed by atoms with Crippen molar-refractivity contribution in [1.82, 2.24) is 15.2 Å². The van der Waals surface area contributed by atoms with E-state index in [1.165, 1.54) is 12.1 Å². The molecule has 9 heteroatoms. The van der Waals surface area contributed by atoms with Crippen molar-refractivity contribution < 1.29 is 17.6 Å². The Morgan fingerprint density at radius 1 is 0.792 bits per heavy atom. The molecule has 1 aromatic heterocycles. The number of nitrogens with zero attached hydrogens (tertiary/aromatic N) is 3. The summed E-state index contributed by atoms with van der Waals surface area (Å²) < 4.78 is 53.3. The van der Waals surface area contributed by atoms with Crippen molar-refractivity contribution in [2.24, 2.45) is 0 Å². The number of halogens is 4. The minimum absolute atomic E-state index is 0.0130. The van der Waals surface area contributed by atoms with Gasteiger partial charge < -0.3 is 10.6 Å².